The minimum atomic E-state index is -4.81. The number of hydrogen-bond acceptors (Lipinski definition) is 7. The third kappa shape index (κ3) is 5.06. The maximum absolute atomic E-state index is 14.5. The average Bonchev–Trinajstić information content (AvgIpc) is 3.14. The largest absolute Gasteiger partial charge is 0.573 e. The maximum Gasteiger partial charge on any atom is 0.573 e. The number of nitrogens with zero attached hydrogens (tertiary/aromatic N) is 5. The summed E-state index contributed by atoms with van der Waals surface area (Å²) in [4.78, 5) is 20.3. The summed E-state index contributed by atoms with van der Waals surface area (Å²) >= 11 is 0. The lowest BCUT2D eigenvalue weighted by molar-refractivity contribution is -0.274. The number of ether oxygens (including phenoxy) is 2. The van der Waals surface area contributed by atoms with Gasteiger partial charge in [-0.3, -0.25) is 0 Å². The second-order valence-electron chi connectivity index (χ2n) is 10.6. The molecule has 2 saturated heterocycles. The number of amides is 1. The number of anilines is 1. The van der Waals surface area contributed by atoms with Crippen LogP contribution in [0.2, 0.25) is 0 Å². The Balaban J connectivity index is 1.50. The Morgan fingerprint density at radius 1 is 1.13 bits per heavy atom. The van der Waals surface area contributed by atoms with Gasteiger partial charge < -0.3 is 24.4 Å². The van der Waals surface area contributed by atoms with E-state index in [9.17, 15) is 27.5 Å². The molecular weight excluding hydrogens is 510 g/mol. The number of carbonyl (C=O) groups excluding carboxylic acids is 1. The highest BCUT2D eigenvalue weighted by atomic mass is 19.4. The third-order valence-corrected chi connectivity index (χ3v) is 6.38. The van der Waals surface area contributed by atoms with E-state index >= 15 is 0 Å². The van der Waals surface area contributed by atoms with E-state index in [1.807, 2.05) is 0 Å². The Morgan fingerprint density at radius 2 is 1.79 bits per heavy atom. The van der Waals surface area contributed by atoms with Crippen molar-refractivity contribution in [2.45, 2.75) is 44.3 Å². The number of aliphatic hydroxyl groups is 1. The van der Waals surface area contributed by atoms with Crippen molar-refractivity contribution in [1.82, 2.24) is 19.7 Å². The molecule has 1 aromatic carbocycles. The summed E-state index contributed by atoms with van der Waals surface area (Å²) in [5.74, 6) is -0.543. The molecule has 2 aliphatic rings. The van der Waals surface area contributed by atoms with Gasteiger partial charge in [-0.15, -0.1) is 13.2 Å². The predicted molar refractivity (Wildman–Crippen MR) is 129 cm³/mol. The topological polar surface area (TPSA) is 93.0 Å². The summed E-state index contributed by atoms with van der Waals surface area (Å²) in [5, 5.41) is 14.8. The van der Waals surface area contributed by atoms with Gasteiger partial charge in [0.2, 0.25) is 0 Å². The molecule has 0 aliphatic carbocycles. The summed E-state index contributed by atoms with van der Waals surface area (Å²) in [5.41, 5.74) is -0.173. The first-order valence-corrected chi connectivity index (χ1v) is 12.0. The molecule has 4 heterocycles. The van der Waals surface area contributed by atoms with Crippen LogP contribution in [0.3, 0.4) is 0 Å². The van der Waals surface area contributed by atoms with Gasteiger partial charge in [-0.2, -0.15) is 5.10 Å². The number of fused-ring (bicyclic) bond motifs is 1. The summed E-state index contributed by atoms with van der Waals surface area (Å²) in [6.45, 7) is 5.43. The second-order valence-corrected chi connectivity index (χ2v) is 10.6. The van der Waals surface area contributed by atoms with Crippen LogP contribution >= 0.6 is 0 Å². The van der Waals surface area contributed by atoms with Gasteiger partial charge in [0.15, 0.2) is 11.3 Å². The zero-order chi connectivity index (χ0) is 27.5. The van der Waals surface area contributed by atoms with Crippen LogP contribution in [0, 0.1) is 0 Å². The van der Waals surface area contributed by atoms with Gasteiger partial charge >= 0.3 is 12.5 Å². The van der Waals surface area contributed by atoms with Crippen LogP contribution in [0.15, 0.2) is 36.5 Å². The van der Waals surface area contributed by atoms with E-state index in [0.29, 0.717) is 41.2 Å². The molecule has 2 fully saturated rings. The van der Waals surface area contributed by atoms with Crippen LogP contribution in [0.1, 0.15) is 32.4 Å². The number of carbonyl (C=O) groups is 1. The van der Waals surface area contributed by atoms with Gasteiger partial charge in [-0.05, 0) is 51.1 Å². The van der Waals surface area contributed by atoms with Crippen molar-refractivity contribution in [3.63, 3.8) is 0 Å². The monoisotopic (exact) mass is 537 g/mol. The Kier molecular flexibility index (Phi) is 6.16. The Bertz CT molecular complexity index is 1340. The first-order valence-electron chi connectivity index (χ1n) is 12.0. The van der Waals surface area contributed by atoms with E-state index < -0.39 is 30.3 Å². The number of hydrogen-bond donors (Lipinski definition) is 1. The van der Waals surface area contributed by atoms with Crippen molar-refractivity contribution in [3.05, 3.63) is 42.2 Å². The number of likely N-dealkylation sites (tertiary alicyclic amines) is 1. The molecule has 0 spiro atoms. The molecule has 0 unspecified atom stereocenters. The Hall–Kier alpha value is -3.61. The lowest BCUT2D eigenvalue weighted by atomic mass is 9.92. The fraction of sp³-hybridized carbons (Fsp3) is 0.480. The molecular formula is C25H27F4N5O4. The molecule has 0 radical (unpaired) electrons. The average molecular weight is 538 g/mol. The molecule has 38 heavy (non-hydrogen) atoms. The molecule has 204 valence electrons. The van der Waals surface area contributed by atoms with Gasteiger partial charge in [-0.25, -0.2) is 18.9 Å². The van der Waals surface area contributed by atoms with Crippen LogP contribution in [-0.2, 0) is 4.74 Å². The third-order valence-electron chi connectivity index (χ3n) is 6.38. The molecule has 13 heteroatoms. The highest BCUT2D eigenvalue weighted by molar-refractivity contribution is 5.94. The summed E-state index contributed by atoms with van der Waals surface area (Å²) in [7, 11) is 0. The molecule has 9 nitrogen and oxygen atoms in total. The molecule has 0 saturated carbocycles. The summed E-state index contributed by atoms with van der Waals surface area (Å²) in [6, 6.07) is 6.96. The molecule has 2 aliphatic heterocycles. The van der Waals surface area contributed by atoms with Crippen LogP contribution in [0.5, 0.6) is 5.75 Å². The normalized spacial score (nSPS) is 17.8. The van der Waals surface area contributed by atoms with Gasteiger partial charge in [0.1, 0.15) is 11.4 Å². The molecule has 1 N–H and O–H groups in total. The fourth-order valence-electron chi connectivity index (χ4n) is 4.61. The highest BCUT2D eigenvalue weighted by Crippen LogP contribution is 2.41. The number of aromatic nitrogens is 3. The lowest BCUT2D eigenvalue weighted by Gasteiger charge is -2.45. The van der Waals surface area contributed by atoms with Gasteiger partial charge in [-0.1, -0.05) is 0 Å². The van der Waals surface area contributed by atoms with Crippen molar-refractivity contribution < 1.29 is 36.9 Å². The highest BCUT2D eigenvalue weighted by Gasteiger charge is 2.45. The SMILES string of the molecule is CC(C)(C)OC(=O)N1CC(c2nn(-c3ccc(OC(F)(F)F)cc3)c3nccc(N4CC(F)(CO)C4)c23)C1. The van der Waals surface area contributed by atoms with Gasteiger partial charge in [0.05, 0.1) is 42.2 Å². The first-order chi connectivity index (χ1) is 17.8. The standard InChI is InChI=1S/C25H27F4N5O4/c1-23(2,3)38-22(36)32-10-15(11-32)20-19-18(33-12-24(26,13-33)14-35)8-9-30-21(19)34(31-20)16-4-6-17(7-5-16)37-25(27,28)29/h4-9,15,35H,10-14H2,1-3H3. The minimum absolute atomic E-state index is 0.00852. The quantitative estimate of drug-likeness (QED) is 0.489. The number of pyridine rings is 1. The van der Waals surface area contributed by atoms with Crippen LogP contribution in [0.4, 0.5) is 28.0 Å². The van der Waals surface area contributed by atoms with Crippen molar-refractivity contribution in [1.29, 1.82) is 0 Å². The molecule has 0 bridgehead atoms. The number of alkyl halides is 4. The molecule has 3 aromatic rings. The van der Waals surface area contributed by atoms with Crippen LogP contribution in [0.25, 0.3) is 16.7 Å². The van der Waals surface area contributed by atoms with E-state index in [2.05, 4.69) is 9.72 Å². The van der Waals surface area contributed by atoms with Crippen molar-refractivity contribution in [2.24, 2.45) is 0 Å². The molecule has 5 rings (SSSR count). The number of halogens is 4. The zero-order valence-corrected chi connectivity index (χ0v) is 21.0. The molecule has 1 amide bonds. The van der Waals surface area contributed by atoms with Gasteiger partial charge in [0, 0.05) is 25.2 Å². The van der Waals surface area contributed by atoms with Crippen molar-refractivity contribution in [3.8, 4) is 11.4 Å². The second kappa shape index (κ2) is 9.00. The Labute approximate surface area is 215 Å². The molecule has 2 aromatic heterocycles. The van der Waals surface area contributed by atoms with Crippen LogP contribution < -0.4 is 9.64 Å². The number of benzene rings is 1. The molecule has 0 atom stereocenters. The Morgan fingerprint density at radius 3 is 2.37 bits per heavy atom. The van der Waals surface area contributed by atoms with Crippen LogP contribution in [-0.4, -0.2) is 81.3 Å². The maximum atomic E-state index is 14.5. The predicted octanol–water partition coefficient (Wildman–Crippen LogP) is 4.17. The van der Waals surface area contributed by atoms with E-state index in [0.717, 1.165) is 0 Å². The van der Waals surface area contributed by atoms with Crippen molar-refractivity contribution in [2.75, 3.05) is 37.7 Å². The van der Waals surface area contributed by atoms with Crippen molar-refractivity contribution >= 4 is 22.8 Å². The van der Waals surface area contributed by atoms with E-state index in [4.69, 9.17) is 9.84 Å². The lowest BCUT2D eigenvalue weighted by Crippen LogP contribution is -2.61. The van der Waals surface area contributed by atoms with Gasteiger partial charge in [0.25, 0.3) is 0 Å². The van der Waals surface area contributed by atoms with E-state index in [1.165, 1.54) is 28.9 Å². The summed E-state index contributed by atoms with van der Waals surface area (Å²) in [6.07, 6.45) is -3.71. The van der Waals surface area contributed by atoms with E-state index in [-0.39, 0.29) is 24.8 Å². The number of aliphatic hydroxyl groups excluding tert-OH is 1. The first kappa shape index (κ1) is 26.0. The fourth-order valence-corrected chi connectivity index (χ4v) is 4.61. The van der Waals surface area contributed by atoms with E-state index in [1.54, 1.807) is 42.8 Å². The minimum Gasteiger partial charge on any atom is -0.444 e. The zero-order valence-electron chi connectivity index (χ0n) is 21.0. The summed E-state index contributed by atoms with van der Waals surface area (Å²) < 4.78 is 63.2. The number of rotatable bonds is 5. The smallest absolute Gasteiger partial charge is 0.444 e.